The van der Waals surface area contributed by atoms with Gasteiger partial charge in [0, 0.05) is 24.5 Å². The number of carbonyl (C=O) groups is 1. The van der Waals surface area contributed by atoms with Crippen LogP contribution in [0.25, 0.3) is 0 Å². The number of sulfonamides is 1. The van der Waals surface area contributed by atoms with E-state index in [1.807, 2.05) is 24.3 Å². The van der Waals surface area contributed by atoms with Gasteiger partial charge in [-0.1, -0.05) is 12.1 Å². The number of anilines is 3. The van der Waals surface area contributed by atoms with E-state index in [9.17, 15) is 13.2 Å². The smallest absolute Gasteiger partial charge is 0.267 e. The molecule has 5 rings (SSSR count). The maximum atomic E-state index is 13.5. The predicted molar refractivity (Wildman–Crippen MR) is 135 cm³/mol. The van der Waals surface area contributed by atoms with Crippen molar-refractivity contribution in [3.05, 3.63) is 72.8 Å². The molecule has 0 aliphatic carbocycles. The molecule has 2 aliphatic heterocycles. The number of ether oxygens (including phenoxy) is 2. The first-order chi connectivity index (χ1) is 17.0. The Labute approximate surface area is 205 Å². The Balaban J connectivity index is 1.37. The molecule has 0 radical (unpaired) electrons. The number of carbonyl (C=O) groups excluding carboxylic acids is 1. The molecule has 0 bridgehead atoms. The largest absolute Gasteiger partial charge is 0.497 e. The lowest BCUT2D eigenvalue weighted by Gasteiger charge is -2.34. The van der Waals surface area contributed by atoms with E-state index >= 15 is 0 Å². The zero-order valence-electron chi connectivity index (χ0n) is 19.4. The number of benzene rings is 3. The van der Waals surface area contributed by atoms with Gasteiger partial charge in [0.05, 0.1) is 24.2 Å². The molecule has 35 heavy (non-hydrogen) atoms. The van der Waals surface area contributed by atoms with Crippen LogP contribution < -0.4 is 24.0 Å². The Kier molecular flexibility index (Phi) is 6.25. The Bertz CT molecular complexity index is 1300. The number of methoxy groups -OCH3 is 1. The molecule has 0 saturated carbocycles. The maximum absolute atomic E-state index is 13.5. The molecule has 1 amide bonds. The highest BCUT2D eigenvalue weighted by Gasteiger charge is 2.37. The van der Waals surface area contributed by atoms with Crippen molar-refractivity contribution in [1.82, 2.24) is 0 Å². The molecule has 0 spiro atoms. The lowest BCUT2D eigenvalue weighted by atomic mass is 10.2. The summed E-state index contributed by atoms with van der Waals surface area (Å²) < 4.78 is 39.4. The van der Waals surface area contributed by atoms with Crippen molar-refractivity contribution in [2.45, 2.75) is 23.8 Å². The number of rotatable bonds is 6. The average Bonchev–Trinajstić information content (AvgIpc) is 3.43. The SMILES string of the molecule is COc1ccc(S(=O)(=O)N2C[C@H](C(=O)Nc3ccc(N4CCCC4)cc3)Oc3ccccc32)cc1. The highest BCUT2D eigenvalue weighted by Crippen LogP contribution is 2.37. The van der Waals surface area contributed by atoms with Gasteiger partial charge in [-0.05, 0) is 73.5 Å². The van der Waals surface area contributed by atoms with Crippen LogP contribution in [0.4, 0.5) is 17.1 Å². The number of fused-ring (bicyclic) bond motifs is 1. The standard InChI is InChI=1S/C26H27N3O5S/c1-33-21-12-14-22(15-13-21)35(31,32)29-18-25(34-24-7-3-2-6-23(24)29)26(30)27-19-8-10-20(11-9-19)28-16-4-5-17-28/h2-3,6-15,25H,4-5,16-18H2,1H3,(H,27,30)/t25-/m1/s1. The van der Waals surface area contributed by atoms with E-state index < -0.39 is 22.0 Å². The number of hydrogen-bond acceptors (Lipinski definition) is 6. The van der Waals surface area contributed by atoms with Gasteiger partial charge in [-0.15, -0.1) is 0 Å². The summed E-state index contributed by atoms with van der Waals surface area (Å²) >= 11 is 0. The molecule has 2 aliphatic rings. The van der Waals surface area contributed by atoms with Gasteiger partial charge in [-0.3, -0.25) is 9.10 Å². The zero-order chi connectivity index (χ0) is 24.4. The minimum atomic E-state index is -3.94. The van der Waals surface area contributed by atoms with Crippen LogP contribution in [0, 0.1) is 0 Å². The van der Waals surface area contributed by atoms with E-state index in [2.05, 4.69) is 10.2 Å². The molecular formula is C26H27N3O5S. The molecule has 8 nitrogen and oxygen atoms in total. The molecule has 2 heterocycles. The monoisotopic (exact) mass is 493 g/mol. The van der Waals surface area contributed by atoms with E-state index in [0.29, 0.717) is 22.9 Å². The van der Waals surface area contributed by atoms with E-state index in [0.717, 1.165) is 18.8 Å². The highest BCUT2D eigenvalue weighted by molar-refractivity contribution is 7.92. The maximum Gasteiger partial charge on any atom is 0.267 e. The number of amides is 1. The summed E-state index contributed by atoms with van der Waals surface area (Å²) in [5.74, 6) is 0.475. The fraction of sp³-hybridized carbons (Fsp3) is 0.269. The summed E-state index contributed by atoms with van der Waals surface area (Å²) in [5.41, 5.74) is 2.15. The van der Waals surface area contributed by atoms with Gasteiger partial charge in [-0.25, -0.2) is 8.42 Å². The number of hydrogen-bond donors (Lipinski definition) is 1. The van der Waals surface area contributed by atoms with Gasteiger partial charge < -0.3 is 19.7 Å². The molecule has 1 atom stereocenters. The molecule has 182 valence electrons. The van der Waals surface area contributed by atoms with Crippen molar-refractivity contribution in [3.8, 4) is 11.5 Å². The van der Waals surface area contributed by atoms with Gasteiger partial charge >= 0.3 is 0 Å². The molecule has 3 aromatic rings. The first kappa shape index (κ1) is 23.0. The van der Waals surface area contributed by atoms with Crippen LogP contribution in [0.2, 0.25) is 0 Å². The van der Waals surface area contributed by atoms with Crippen molar-refractivity contribution in [1.29, 1.82) is 0 Å². The van der Waals surface area contributed by atoms with Gasteiger partial charge in [0.15, 0.2) is 6.10 Å². The second-order valence-electron chi connectivity index (χ2n) is 8.52. The lowest BCUT2D eigenvalue weighted by molar-refractivity contribution is -0.122. The summed E-state index contributed by atoms with van der Waals surface area (Å²) in [6, 6.07) is 20.7. The Morgan fingerprint density at radius 2 is 1.66 bits per heavy atom. The van der Waals surface area contributed by atoms with Crippen molar-refractivity contribution < 1.29 is 22.7 Å². The minimum absolute atomic E-state index is 0.103. The van der Waals surface area contributed by atoms with Crippen LogP contribution >= 0.6 is 0 Å². The molecule has 1 saturated heterocycles. The van der Waals surface area contributed by atoms with Gasteiger partial charge in [0.2, 0.25) is 0 Å². The molecule has 1 fully saturated rings. The molecule has 1 N–H and O–H groups in total. The Morgan fingerprint density at radius 1 is 0.971 bits per heavy atom. The molecule has 3 aromatic carbocycles. The fourth-order valence-corrected chi connectivity index (χ4v) is 5.87. The Morgan fingerprint density at radius 3 is 2.34 bits per heavy atom. The van der Waals surface area contributed by atoms with Crippen LogP contribution in [0.5, 0.6) is 11.5 Å². The molecule has 9 heteroatoms. The topological polar surface area (TPSA) is 88.2 Å². The zero-order valence-corrected chi connectivity index (χ0v) is 20.2. The van der Waals surface area contributed by atoms with Gasteiger partial charge in [-0.2, -0.15) is 0 Å². The van der Waals surface area contributed by atoms with Crippen molar-refractivity contribution >= 4 is 33.0 Å². The van der Waals surface area contributed by atoms with Crippen molar-refractivity contribution in [2.75, 3.05) is 41.3 Å². The van der Waals surface area contributed by atoms with Crippen molar-refractivity contribution in [2.24, 2.45) is 0 Å². The van der Waals surface area contributed by atoms with E-state index in [-0.39, 0.29) is 11.4 Å². The van der Waals surface area contributed by atoms with Crippen LogP contribution in [-0.4, -0.2) is 47.2 Å². The number of para-hydroxylation sites is 2. The number of nitrogens with zero attached hydrogens (tertiary/aromatic N) is 2. The summed E-state index contributed by atoms with van der Waals surface area (Å²) in [4.78, 5) is 15.5. The third kappa shape index (κ3) is 4.64. The quantitative estimate of drug-likeness (QED) is 0.561. The summed E-state index contributed by atoms with van der Waals surface area (Å²) in [6.45, 7) is 1.93. The van der Waals surface area contributed by atoms with Gasteiger partial charge in [0.25, 0.3) is 15.9 Å². The molecule has 0 unspecified atom stereocenters. The Hall–Kier alpha value is -3.72. The third-order valence-electron chi connectivity index (χ3n) is 6.28. The third-order valence-corrected chi connectivity index (χ3v) is 8.07. The van der Waals surface area contributed by atoms with E-state index in [1.165, 1.54) is 36.4 Å². The summed E-state index contributed by atoms with van der Waals surface area (Å²) in [7, 11) is -2.42. The minimum Gasteiger partial charge on any atom is -0.497 e. The molecule has 0 aromatic heterocycles. The first-order valence-electron chi connectivity index (χ1n) is 11.5. The summed E-state index contributed by atoms with van der Waals surface area (Å²) in [5, 5.41) is 2.87. The van der Waals surface area contributed by atoms with Crippen LogP contribution in [0.15, 0.2) is 77.7 Å². The fourth-order valence-electron chi connectivity index (χ4n) is 4.39. The predicted octanol–water partition coefficient (Wildman–Crippen LogP) is 3.89. The van der Waals surface area contributed by atoms with Crippen molar-refractivity contribution in [3.63, 3.8) is 0 Å². The van der Waals surface area contributed by atoms with Gasteiger partial charge in [0.1, 0.15) is 11.5 Å². The number of nitrogens with one attached hydrogen (secondary N) is 1. The van der Waals surface area contributed by atoms with Crippen LogP contribution in [0.1, 0.15) is 12.8 Å². The van der Waals surface area contributed by atoms with E-state index in [1.54, 1.807) is 36.4 Å². The van der Waals surface area contributed by atoms with Crippen LogP contribution in [-0.2, 0) is 14.8 Å². The second-order valence-corrected chi connectivity index (χ2v) is 10.4. The normalized spacial score (nSPS) is 17.5. The second kappa shape index (κ2) is 9.50. The highest BCUT2D eigenvalue weighted by atomic mass is 32.2. The lowest BCUT2D eigenvalue weighted by Crippen LogP contribution is -2.48. The summed E-state index contributed by atoms with van der Waals surface area (Å²) in [6.07, 6.45) is 1.36. The average molecular weight is 494 g/mol. The van der Waals surface area contributed by atoms with E-state index in [4.69, 9.17) is 9.47 Å². The first-order valence-corrected chi connectivity index (χ1v) is 13.0. The van der Waals surface area contributed by atoms with Crippen LogP contribution in [0.3, 0.4) is 0 Å². The molecular weight excluding hydrogens is 466 g/mol.